The highest BCUT2D eigenvalue weighted by Crippen LogP contribution is 2.15. The zero-order valence-electron chi connectivity index (χ0n) is 8.17. The molecule has 0 bridgehead atoms. The zero-order chi connectivity index (χ0) is 10.4. The van der Waals surface area contributed by atoms with Gasteiger partial charge in [-0.15, -0.1) is 0 Å². The minimum atomic E-state index is 0.557. The van der Waals surface area contributed by atoms with Crippen molar-refractivity contribution in [2.24, 2.45) is 5.92 Å². The van der Waals surface area contributed by atoms with Gasteiger partial charge >= 0.3 is 0 Å². The van der Waals surface area contributed by atoms with Crippen molar-refractivity contribution in [2.75, 3.05) is 19.0 Å². The lowest BCUT2D eigenvalue weighted by Crippen LogP contribution is -2.12. The summed E-state index contributed by atoms with van der Waals surface area (Å²) in [5.74, 6) is 0.557. The van der Waals surface area contributed by atoms with Gasteiger partial charge in [0.15, 0.2) is 0 Å². The minimum absolute atomic E-state index is 0.557. The van der Waals surface area contributed by atoms with Crippen LogP contribution in [-0.2, 0) is 11.2 Å². The Labute approximate surface area is 102 Å². The summed E-state index contributed by atoms with van der Waals surface area (Å²) in [7, 11) is 1.75. The average Bonchev–Trinajstić information content (AvgIpc) is 2.20. The molecular formula is C11H14Br2O. The predicted molar refractivity (Wildman–Crippen MR) is 67.0 cm³/mol. The first-order chi connectivity index (χ1) is 6.76. The van der Waals surface area contributed by atoms with E-state index in [1.54, 1.807) is 7.11 Å². The van der Waals surface area contributed by atoms with Crippen LogP contribution < -0.4 is 0 Å². The maximum Gasteiger partial charge on any atom is 0.0501 e. The van der Waals surface area contributed by atoms with Crippen LogP contribution >= 0.6 is 31.9 Å². The standard InChI is InChI=1S/C11H14Br2O/c1-14-8-10(7-12)6-9-2-4-11(13)5-3-9/h2-5,10H,6-8H2,1H3. The number of alkyl halides is 1. The molecule has 0 radical (unpaired) electrons. The fourth-order valence-electron chi connectivity index (χ4n) is 1.35. The Morgan fingerprint density at radius 1 is 1.29 bits per heavy atom. The number of ether oxygens (including phenoxy) is 1. The van der Waals surface area contributed by atoms with E-state index in [9.17, 15) is 0 Å². The van der Waals surface area contributed by atoms with Gasteiger partial charge in [0.25, 0.3) is 0 Å². The minimum Gasteiger partial charge on any atom is -0.384 e. The first kappa shape index (κ1) is 12.2. The van der Waals surface area contributed by atoms with Gasteiger partial charge < -0.3 is 4.74 Å². The second-order valence-corrected chi connectivity index (χ2v) is 4.87. The number of benzene rings is 1. The van der Waals surface area contributed by atoms with Gasteiger partial charge in [0.1, 0.15) is 0 Å². The van der Waals surface area contributed by atoms with E-state index in [0.29, 0.717) is 5.92 Å². The van der Waals surface area contributed by atoms with Crippen molar-refractivity contribution >= 4 is 31.9 Å². The lowest BCUT2D eigenvalue weighted by Gasteiger charge is -2.12. The average molecular weight is 322 g/mol. The smallest absolute Gasteiger partial charge is 0.0501 e. The first-order valence-corrected chi connectivity index (χ1v) is 6.47. The van der Waals surface area contributed by atoms with Crippen LogP contribution in [0.2, 0.25) is 0 Å². The van der Waals surface area contributed by atoms with E-state index in [1.165, 1.54) is 5.56 Å². The quantitative estimate of drug-likeness (QED) is 0.752. The molecule has 78 valence electrons. The SMILES string of the molecule is COCC(CBr)Cc1ccc(Br)cc1. The fourth-order valence-corrected chi connectivity index (χ4v) is 2.03. The van der Waals surface area contributed by atoms with E-state index in [4.69, 9.17) is 4.74 Å². The summed E-state index contributed by atoms with van der Waals surface area (Å²) in [6.45, 7) is 0.807. The van der Waals surface area contributed by atoms with Gasteiger partial charge in [-0.2, -0.15) is 0 Å². The van der Waals surface area contributed by atoms with Crippen molar-refractivity contribution in [3.05, 3.63) is 34.3 Å². The Balaban J connectivity index is 2.53. The largest absolute Gasteiger partial charge is 0.384 e. The third-order valence-corrected chi connectivity index (χ3v) is 3.50. The van der Waals surface area contributed by atoms with Crippen molar-refractivity contribution in [3.63, 3.8) is 0 Å². The van der Waals surface area contributed by atoms with Crippen LogP contribution in [0.25, 0.3) is 0 Å². The van der Waals surface area contributed by atoms with Crippen molar-refractivity contribution in [1.82, 2.24) is 0 Å². The van der Waals surface area contributed by atoms with E-state index in [0.717, 1.165) is 22.8 Å². The van der Waals surface area contributed by atoms with Crippen LogP contribution in [0, 0.1) is 5.92 Å². The van der Waals surface area contributed by atoms with E-state index < -0.39 is 0 Å². The topological polar surface area (TPSA) is 9.23 Å². The van der Waals surface area contributed by atoms with Crippen molar-refractivity contribution in [2.45, 2.75) is 6.42 Å². The Morgan fingerprint density at radius 3 is 2.43 bits per heavy atom. The van der Waals surface area contributed by atoms with Gasteiger partial charge in [0, 0.05) is 16.9 Å². The molecule has 1 aromatic rings. The molecule has 1 aromatic carbocycles. The molecule has 0 saturated carbocycles. The van der Waals surface area contributed by atoms with Gasteiger partial charge in [-0.05, 0) is 30.0 Å². The van der Waals surface area contributed by atoms with Crippen molar-refractivity contribution < 1.29 is 4.74 Å². The number of hydrogen-bond donors (Lipinski definition) is 0. The van der Waals surface area contributed by atoms with Gasteiger partial charge in [0.2, 0.25) is 0 Å². The van der Waals surface area contributed by atoms with E-state index in [-0.39, 0.29) is 0 Å². The Kier molecular flexibility index (Phi) is 5.75. The number of methoxy groups -OCH3 is 1. The highest BCUT2D eigenvalue weighted by molar-refractivity contribution is 9.10. The van der Waals surface area contributed by atoms with Crippen LogP contribution in [0.4, 0.5) is 0 Å². The number of rotatable bonds is 5. The summed E-state index contributed by atoms with van der Waals surface area (Å²) in [5.41, 5.74) is 1.36. The molecule has 0 aliphatic heterocycles. The zero-order valence-corrected chi connectivity index (χ0v) is 11.3. The van der Waals surface area contributed by atoms with Crippen LogP contribution in [0.5, 0.6) is 0 Å². The maximum atomic E-state index is 5.15. The molecule has 0 N–H and O–H groups in total. The molecule has 3 heteroatoms. The Morgan fingerprint density at radius 2 is 1.93 bits per heavy atom. The predicted octanol–water partition coefficient (Wildman–Crippen LogP) is 3.65. The van der Waals surface area contributed by atoms with E-state index in [2.05, 4.69) is 56.1 Å². The fraction of sp³-hybridized carbons (Fsp3) is 0.455. The third kappa shape index (κ3) is 4.11. The molecule has 0 heterocycles. The summed E-state index contributed by atoms with van der Waals surface area (Å²) in [6, 6.07) is 8.45. The summed E-state index contributed by atoms with van der Waals surface area (Å²) < 4.78 is 6.28. The highest BCUT2D eigenvalue weighted by Gasteiger charge is 2.07. The van der Waals surface area contributed by atoms with Crippen LogP contribution in [0.1, 0.15) is 5.56 Å². The molecule has 1 atom stereocenters. The molecule has 1 rings (SSSR count). The molecule has 0 aliphatic carbocycles. The molecule has 0 amide bonds. The summed E-state index contributed by atoms with van der Waals surface area (Å²) >= 11 is 6.93. The number of halogens is 2. The molecule has 0 aromatic heterocycles. The molecule has 0 fully saturated rings. The molecule has 1 unspecified atom stereocenters. The maximum absolute atomic E-state index is 5.15. The van der Waals surface area contributed by atoms with Crippen molar-refractivity contribution in [3.8, 4) is 0 Å². The monoisotopic (exact) mass is 320 g/mol. The highest BCUT2D eigenvalue weighted by atomic mass is 79.9. The summed E-state index contributed by atoms with van der Waals surface area (Å²) in [5, 5.41) is 0.983. The molecule has 0 saturated heterocycles. The summed E-state index contributed by atoms with van der Waals surface area (Å²) in [4.78, 5) is 0. The molecule has 14 heavy (non-hydrogen) atoms. The van der Waals surface area contributed by atoms with Crippen LogP contribution in [0.15, 0.2) is 28.7 Å². The Bertz CT molecular complexity index is 258. The van der Waals surface area contributed by atoms with Gasteiger partial charge in [-0.1, -0.05) is 44.0 Å². The molecule has 0 aliphatic rings. The van der Waals surface area contributed by atoms with Gasteiger partial charge in [-0.25, -0.2) is 0 Å². The normalized spacial score (nSPS) is 12.8. The first-order valence-electron chi connectivity index (χ1n) is 4.55. The molecule has 0 spiro atoms. The van der Waals surface area contributed by atoms with Crippen molar-refractivity contribution in [1.29, 1.82) is 0 Å². The van der Waals surface area contributed by atoms with E-state index >= 15 is 0 Å². The van der Waals surface area contributed by atoms with Crippen LogP contribution in [-0.4, -0.2) is 19.0 Å². The van der Waals surface area contributed by atoms with E-state index in [1.807, 2.05) is 0 Å². The third-order valence-electron chi connectivity index (χ3n) is 2.06. The lowest BCUT2D eigenvalue weighted by molar-refractivity contribution is 0.162. The second-order valence-electron chi connectivity index (χ2n) is 3.31. The van der Waals surface area contributed by atoms with Gasteiger partial charge in [-0.3, -0.25) is 0 Å². The Hall–Kier alpha value is 0.140. The summed E-state index contributed by atoms with van der Waals surface area (Å²) in [6.07, 6.45) is 1.06. The van der Waals surface area contributed by atoms with Crippen LogP contribution in [0.3, 0.4) is 0 Å². The van der Waals surface area contributed by atoms with Gasteiger partial charge in [0.05, 0.1) is 6.61 Å². The molecular weight excluding hydrogens is 308 g/mol. The number of hydrogen-bond acceptors (Lipinski definition) is 1. The second kappa shape index (κ2) is 6.59. The molecule has 1 nitrogen and oxygen atoms in total. The lowest BCUT2D eigenvalue weighted by atomic mass is 10.0.